The molecular formula is C22H24N4O. The number of para-hydroxylation sites is 1. The molecule has 27 heavy (non-hydrogen) atoms. The second-order valence-corrected chi connectivity index (χ2v) is 6.85. The van der Waals surface area contributed by atoms with E-state index in [0.29, 0.717) is 17.3 Å². The number of aromatic nitrogens is 2. The van der Waals surface area contributed by atoms with Crippen LogP contribution < -0.4 is 10.6 Å². The number of aryl methyl sites for hydroxylation is 2. The summed E-state index contributed by atoms with van der Waals surface area (Å²) in [5.74, 6) is 0.900. The summed E-state index contributed by atoms with van der Waals surface area (Å²) in [5, 5.41) is 6.26. The highest BCUT2D eigenvalue weighted by Crippen LogP contribution is 2.22. The molecule has 0 atom stereocenters. The average Bonchev–Trinajstić information content (AvgIpc) is 2.64. The van der Waals surface area contributed by atoms with Gasteiger partial charge in [0, 0.05) is 23.4 Å². The molecule has 0 unspecified atom stereocenters. The van der Waals surface area contributed by atoms with E-state index in [1.54, 1.807) is 6.07 Å². The van der Waals surface area contributed by atoms with Crippen molar-refractivity contribution in [2.24, 2.45) is 0 Å². The van der Waals surface area contributed by atoms with Crippen LogP contribution in [0.15, 0.2) is 54.6 Å². The average molecular weight is 360 g/mol. The van der Waals surface area contributed by atoms with E-state index in [0.717, 1.165) is 22.4 Å². The van der Waals surface area contributed by atoms with Crippen molar-refractivity contribution in [1.82, 2.24) is 9.97 Å². The minimum Gasteiger partial charge on any atom is -0.368 e. The molecule has 0 fully saturated rings. The lowest BCUT2D eigenvalue weighted by molar-refractivity contribution is 0.102. The van der Waals surface area contributed by atoms with Crippen molar-refractivity contribution in [3.8, 4) is 11.4 Å². The van der Waals surface area contributed by atoms with Crippen LogP contribution in [0.3, 0.4) is 0 Å². The van der Waals surface area contributed by atoms with Gasteiger partial charge >= 0.3 is 0 Å². The van der Waals surface area contributed by atoms with E-state index in [1.165, 1.54) is 0 Å². The Morgan fingerprint density at radius 1 is 0.926 bits per heavy atom. The van der Waals surface area contributed by atoms with Gasteiger partial charge in [0.25, 0.3) is 5.91 Å². The molecule has 0 spiro atoms. The zero-order valence-electron chi connectivity index (χ0n) is 16.1. The predicted octanol–water partition coefficient (Wildman–Crippen LogP) is 4.83. The molecular weight excluding hydrogens is 336 g/mol. The van der Waals surface area contributed by atoms with E-state index in [-0.39, 0.29) is 11.9 Å². The zero-order chi connectivity index (χ0) is 19.4. The van der Waals surface area contributed by atoms with Gasteiger partial charge in [0.15, 0.2) is 5.82 Å². The number of amides is 1. The maximum atomic E-state index is 12.9. The molecule has 0 radical (unpaired) electrons. The molecule has 2 N–H and O–H groups in total. The number of carbonyl (C=O) groups excluding carboxylic acids is 1. The molecule has 1 amide bonds. The molecule has 138 valence electrons. The third-order valence-electron chi connectivity index (χ3n) is 4.15. The molecule has 0 aliphatic heterocycles. The fourth-order valence-corrected chi connectivity index (χ4v) is 2.84. The van der Waals surface area contributed by atoms with Crippen LogP contribution in [0.4, 0.5) is 11.5 Å². The molecule has 0 saturated heterocycles. The minimum absolute atomic E-state index is 0.193. The summed E-state index contributed by atoms with van der Waals surface area (Å²) in [4.78, 5) is 22.0. The van der Waals surface area contributed by atoms with Gasteiger partial charge in [-0.25, -0.2) is 9.97 Å². The molecule has 3 aromatic rings. The Labute approximate surface area is 159 Å². The van der Waals surface area contributed by atoms with E-state index in [4.69, 9.17) is 0 Å². The van der Waals surface area contributed by atoms with E-state index in [9.17, 15) is 4.79 Å². The van der Waals surface area contributed by atoms with Crippen molar-refractivity contribution in [2.45, 2.75) is 33.7 Å². The summed E-state index contributed by atoms with van der Waals surface area (Å²) in [6, 6.07) is 17.5. The number of nitrogens with one attached hydrogen (secondary N) is 2. The van der Waals surface area contributed by atoms with Crippen molar-refractivity contribution in [1.29, 1.82) is 0 Å². The normalized spacial score (nSPS) is 10.7. The number of nitrogens with zero attached hydrogens (tertiary/aromatic N) is 2. The highest BCUT2D eigenvalue weighted by atomic mass is 16.1. The predicted molar refractivity (Wildman–Crippen MR) is 110 cm³/mol. The van der Waals surface area contributed by atoms with Gasteiger partial charge in [0.05, 0.1) is 0 Å². The summed E-state index contributed by atoms with van der Waals surface area (Å²) in [7, 11) is 0. The van der Waals surface area contributed by atoms with Gasteiger partial charge in [0.1, 0.15) is 11.5 Å². The fraction of sp³-hybridized carbons (Fsp3) is 0.227. The Morgan fingerprint density at radius 3 is 2.22 bits per heavy atom. The summed E-state index contributed by atoms with van der Waals surface area (Å²) in [6.07, 6.45) is 0. The second kappa shape index (κ2) is 7.99. The Bertz CT molecular complexity index is 932. The molecule has 0 aliphatic carbocycles. The van der Waals surface area contributed by atoms with Gasteiger partial charge in [0.2, 0.25) is 0 Å². The van der Waals surface area contributed by atoms with Crippen LogP contribution in [0.25, 0.3) is 11.4 Å². The summed E-state index contributed by atoms with van der Waals surface area (Å²) < 4.78 is 0. The standard InChI is InChI=1S/C22H24N4O/c1-14(2)23-19-13-18(24-21(25-19)17-11-6-5-7-12-17)22(27)26-20-15(3)9-8-10-16(20)4/h5-14H,1-4H3,(H,26,27)(H,23,24,25). The van der Waals surface area contributed by atoms with E-state index < -0.39 is 0 Å². The molecule has 0 aliphatic rings. The first kappa shape index (κ1) is 18.6. The quantitative estimate of drug-likeness (QED) is 0.684. The van der Waals surface area contributed by atoms with Gasteiger partial charge in [-0.2, -0.15) is 0 Å². The molecule has 1 heterocycles. The van der Waals surface area contributed by atoms with Gasteiger partial charge in [-0.3, -0.25) is 4.79 Å². The summed E-state index contributed by atoms with van der Waals surface area (Å²) in [5.41, 5.74) is 4.05. The SMILES string of the molecule is Cc1cccc(C)c1NC(=O)c1cc(NC(C)C)nc(-c2ccccc2)n1. The largest absolute Gasteiger partial charge is 0.368 e. The van der Waals surface area contributed by atoms with Crippen molar-refractivity contribution >= 4 is 17.4 Å². The topological polar surface area (TPSA) is 66.9 Å². The lowest BCUT2D eigenvalue weighted by Gasteiger charge is -2.14. The van der Waals surface area contributed by atoms with Gasteiger partial charge in [-0.05, 0) is 38.8 Å². The molecule has 1 aromatic heterocycles. The third-order valence-corrected chi connectivity index (χ3v) is 4.15. The Morgan fingerprint density at radius 2 is 1.59 bits per heavy atom. The number of rotatable bonds is 5. The van der Waals surface area contributed by atoms with Crippen molar-refractivity contribution in [2.75, 3.05) is 10.6 Å². The number of anilines is 2. The molecule has 2 aromatic carbocycles. The highest BCUT2D eigenvalue weighted by Gasteiger charge is 2.15. The zero-order valence-corrected chi connectivity index (χ0v) is 16.1. The van der Waals surface area contributed by atoms with E-state index in [1.807, 2.05) is 76.2 Å². The molecule has 3 rings (SSSR count). The molecule has 5 nitrogen and oxygen atoms in total. The maximum Gasteiger partial charge on any atom is 0.274 e. The monoisotopic (exact) mass is 360 g/mol. The Hall–Kier alpha value is -3.21. The van der Waals surface area contributed by atoms with Gasteiger partial charge in [-0.15, -0.1) is 0 Å². The van der Waals surface area contributed by atoms with Crippen LogP contribution in [0, 0.1) is 13.8 Å². The van der Waals surface area contributed by atoms with E-state index >= 15 is 0 Å². The van der Waals surface area contributed by atoms with Crippen LogP contribution >= 0.6 is 0 Å². The number of carbonyl (C=O) groups is 1. The Balaban J connectivity index is 1.99. The fourth-order valence-electron chi connectivity index (χ4n) is 2.84. The summed E-state index contributed by atoms with van der Waals surface area (Å²) >= 11 is 0. The summed E-state index contributed by atoms with van der Waals surface area (Å²) in [6.45, 7) is 8.01. The minimum atomic E-state index is -0.251. The number of hydrogen-bond acceptors (Lipinski definition) is 4. The van der Waals surface area contributed by atoms with Gasteiger partial charge < -0.3 is 10.6 Å². The van der Waals surface area contributed by atoms with Crippen LogP contribution in [-0.4, -0.2) is 21.9 Å². The smallest absolute Gasteiger partial charge is 0.274 e. The third kappa shape index (κ3) is 4.50. The van der Waals surface area contributed by atoms with Gasteiger partial charge in [-0.1, -0.05) is 48.5 Å². The van der Waals surface area contributed by atoms with Crippen molar-refractivity contribution in [3.05, 3.63) is 71.4 Å². The van der Waals surface area contributed by atoms with Crippen LogP contribution in [0.5, 0.6) is 0 Å². The van der Waals surface area contributed by atoms with Crippen LogP contribution in [0.2, 0.25) is 0 Å². The second-order valence-electron chi connectivity index (χ2n) is 6.85. The first-order valence-electron chi connectivity index (χ1n) is 9.02. The lowest BCUT2D eigenvalue weighted by Crippen LogP contribution is -2.18. The van der Waals surface area contributed by atoms with Crippen LogP contribution in [0.1, 0.15) is 35.5 Å². The van der Waals surface area contributed by atoms with E-state index in [2.05, 4.69) is 20.6 Å². The molecule has 0 saturated carbocycles. The van der Waals surface area contributed by atoms with Crippen molar-refractivity contribution < 1.29 is 4.79 Å². The molecule has 5 heteroatoms. The number of hydrogen-bond donors (Lipinski definition) is 2. The first-order valence-corrected chi connectivity index (χ1v) is 9.02. The highest BCUT2D eigenvalue weighted by molar-refractivity contribution is 6.04. The lowest BCUT2D eigenvalue weighted by atomic mass is 10.1. The Kier molecular flexibility index (Phi) is 5.50. The number of benzene rings is 2. The molecule has 0 bridgehead atoms. The van der Waals surface area contributed by atoms with Crippen LogP contribution in [-0.2, 0) is 0 Å². The maximum absolute atomic E-state index is 12.9. The van der Waals surface area contributed by atoms with Crippen molar-refractivity contribution in [3.63, 3.8) is 0 Å². The first-order chi connectivity index (χ1) is 12.9.